The van der Waals surface area contributed by atoms with Crippen LogP contribution in [0, 0.1) is 0 Å². The number of rotatable bonds is 0. The molecule has 1 heterocycles. The van der Waals surface area contributed by atoms with Gasteiger partial charge in [-0.1, -0.05) is 23.8 Å². The van der Waals surface area contributed by atoms with Crippen LogP contribution < -0.4 is 11.3 Å². The zero-order valence-corrected chi connectivity index (χ0v) is 10.8. The summed E-state index contributed by atoms with van der Waals surface area (Å²) in [5.74, 6) is 0.231. The molecule has 1 aromatic heterocycles. The fourth-order valence-corrected chi connectivity index (χ4v) is 3.51. The van der Waals surface area contributed by atoms with E-state index in [9.17, 15) is 4.79 Å². The smallest absolute Gasteiger partial charge is 0.248 e. The zero-order chi connectivity index (χ0) is 12.9. The maximum Gasteiger partial charge on any atom is 0.248 e. The second-order valence-electron chi connectivity index (χ2n) is 5.50. The van der Waals surface area contributed by atoms with E-state index in [2.05, 4.69) is 31.0 Å². The summed E-state index contributed by atoms with van der Waals surface area (Å²) in [6.45, 7) is 4.19. The van der Waals surface area contributed by atoms with Gasteiger partial charge in [-0.15, -0.1) is 0 Å². The van der Waals surface area contributed by atoms with Gasteiger partial charge in [-0.05, 0) is 31.4 Å². The van der Waals surface area contributed by atoms with Crippen molar-refractivity contribution in [2.24, 2.45) is 5.73 Å². The molecule has 94 valence electrons. The van der Waals surface area contributed by atoms with Crippen molar-refractivity contribution >= 4 is 0 Å². The summed E-state index contributed by atoms with van der Waals surface area (Å²) in [6, 6.07) is 3.55. The summed E-state index contributed by atoms with van der Waals surface area (Å²) in [5.41, 5.74) is 11.0. The number of nitrogens with one attached hydrogen (secondary N) is 1. The van der Waals surface area contributed by atoms with Gasteiger partial charge in [0.2, 0.25) is 5.56 Å². The van der Waals surface area contributed by atoms with Crippen LogP contribution in [0.1, 0.15) is 37.4 Å². The van der Waals surface area contributed by atoms with Gasteiger partial charge >= 0.3 is 0 Å². The Morgan fingerprint density at radius 3 is 2.94 bits per heavy atom. The summed E-state index contributed by atoms with van der Waals surface area (Å²) in [4.78, 5) is 14.4. The topological polar surface area (TPSA) is 58.9 Å². The first-order valence-corrected chi connectivity index (χ1v) is 6.38. The van der Waals surface area contributed by atoms with Crippen LogP contribution in [0.3, 0.4) is 0 Å². The van der Waals surface area contributed by atoms with E-state index >= 15 is 0 Å². The predicted octanol–water partition coefficient (Wildman–Crippen LogP) is 2.01. The van der Waals surface area contributed by atoms with Crippen molar-refractivity contribution in [1.29, 1.82) is 0 Å². The van der Waals surface area contributed by atoms with Crippen LogP contribution in [0.15, 0.2) is 40.2 Å². The van der Waals surface area contributed by atoms with E-state index in [0.717, 1.165) is 18.5 Å². The maximum absolute atomic E-state index is 11.5. The van der Waals surface area contributed by atoms with Crippen LogP contribution in [0.4, 0.5) is 0 Å². The molecule has 0 aromatic carbocycles. The monoisotopic (exact) mass is 242 g/mol. The molecule has 0 unspecified atom stereocenters. The van der Waals surface area contributed by atoms with Crippen molar-refractivity contribution in [2.75, 3.05) is 0 Å². The molecular weight excluding hydrogens is 224 g/mol. The van der Waals surface area contributed by atoms with Crippen molar-refractivity contribution in [3.63, 3.8) is 0 Å². The lowest BCUT2D eigenvalue weighted by Gasteiger charge is -2.44. The Hall–Kier alpha value is -1.61. The van der Waals surface area contributed by atoms with Gasteiger partial charge in [0.25, 0.3) is 0 Å². The van der Waals surface area contributed by atoms with E-state index in [1.165, 1.54) is 16.7 Å². The van der Waals surface area contributed by atoms with E-state index in [0.29, 0.717) is 0 Å². The number of aromatic amines is 1. The highest BCUT2D eigenvalue weighted by Crippen LogP contribution is 2.46. The second-order valence-corrected chi connectivity index (χ2v) is 5.50. The minimum atomic E-state index is -0.324. The quantitative estimate of drug-likeness (QED) is 0.684. The molecule has 0 amide bonds. The largest absolute Gasteiger partial charge is 0.326 e. The van der Waals surface area contributed by atoms with E-state index in [1.807, 2.05) is 6.07 Å². The molecule has 0 aliphatic heterocycles. The van der Waals surface area contributed by atoms with E-state index in [1.54, 1.807) is 6.07 Å². The Morgan fingerprint density at radius 2 is 2.22 bits per heavy atom. The summed E-state index contributed by atoms with van der Waals surface area (Å²) < 4.78 is 0. The highest BCUT2D eigenvalue weighted by Gasteiger charge is 2.42. The normalized spacial score (nSPS) is 32.1. The number of allylic oxidation sites excluding steroid dienone is 2. The van der Waals surface area contributed by atoms with Gasteiger partial charge < -0.3 is 10.7 Å². The lowest BCUT2D eigenvalue weighted by molar-refractivity contribution is 0.425. The number of hydrogen-bond acceptors (Lipinski definition) is 2. The third kappa shape index (κ3) is 1.51. The Bertz CT molecular complexity index is 624. The maximum atomic E-state index is 11.5. The van der Waals surface area contributed by atoms with Gasteiger partial charge in [0.15, 0.2) is 0 Å². The first-order chi connectivity index (χ1) is 8.53. The third-order valence-electron chi connectivity index (χ3n) is 4.13. The minimum Gasteiger partial charge on any atom is -0.326 e. The van der Waals surface area contributed by atoms with Crippen LogP contribution in [0.2, 0.25) is 0 Å². The Morgan fingerprint density at radius 1 is 1.44 bits per heavy atom. The first-order valence-electron chi connectivity index (χ1n) is 6.38. The van der Waals surface area contributed by atoms with Crippen LogP contribution in [0.5, 0.6) is 0 Å². The Balaban J connectivity index is 2.28. The fourth-order valence-electron chi connectivity index (χ4n) is 3.51. The summed E-state index contributed by atoms with van der Waals surface area (Å²) >= 11 is 0. The highest BCUT2D eigenvalue weighted by molar-refractivity contribution is 5.50. The third-order valence-corrected chi connectivity index (χ3v) is 4.13. The molecule has 0 spiro atoms. The molecule has 2 bridgehead atoms. The standard InChI is InChI=1S/C15H18N2O/c1-3-12-11-6-9(2)7-15(12,16)8-13-10(11)4-5-14(18)17-13/h3-6,11H,7-8,16H2,1-2H3,(H,17,18)/b12-3+/t11-,15-/m0/s1. The van der Waals surface area contributed by atoms with Crippen LogP contribution in [0.25, 0.3) is 0 Å². The average Bonchev–Trinajstić information content (AvgIpc) is 2.26. The van der Waals surface area contributed by atoms with Gasteiger partial charge in [0.1, 0.15) is 0 Å². The van der Waals surface area contributed by atoms with Gasteiger partial charge in [-0.2, -0.15) is 0 Å². The first kappa shape index (κ1) is 11.5. The average molecular weight is 242 g/mol. The van der Waals surface area contributed by atoms with Gasteiger partial charge in [-0.25, -0.2) is 0 Å². The number of hydrogen-bond donors (Lipinski definition) is 2. The van der Waals surface area contributed by atoms with E-state index < -0.39 is 0 Å². The molecule has 3 N–H and O–H groups in total. The molecule has 0 saturated carbocycles. The van der Waals surface area contributed by atoms with Crippen molar-refractivity contribution in [1.82, 2.24) is 4.98 Å². The highest BCUT2D eigenvalue weighted by atomic mass is 16.1. The van der Waals surface area contributed by atoms with Crippen molar-refractivity contribution in [3.05, 3.63) is 57.0 Å². The van der Waals surface area contributed by atoms with Crippen molar-refractivity contribution in [3.8, 4) is 0 Å². The molecule has 1 aromatic rings. The molecule has 3 heteroatoms. The number of fused-ring (bicyclic) bond motifs is 4. The molecule has 0 radical (unpaired) electrons. The molecule has 2 aliphatic carbocycles. The number of pyridine rings is 1. The van der Waals surface area contributed by atoms with Crippen molar-refractivity contribution < 1.29 is 0 Å². The predicted molar refractivity (Wildman–Crippen MR) is 72.6 cm³/mol. The second kappa shape index (κ2) is 3.69. The molecule has 2 aliphatic rings. The van der Waals surface area contributed by atoms with Crippen molar-refractivity contribution in [2.45, 2.75) is 38.1 Å². The fraction of sp³-hybridized carbons (Fsp3) is 0.400. The molecular formula is C15H18N2O. The number of aromatic nitrogens is 1. The summed E-state index contributed by atoms with van der Waals surface area (Å²) in [7, 11) is 0. The number of nitrogens with two attached hydrogens (primary N) is 1. The molecule has 2 atom stereocenters. The molecule has 18 heavy (non-hydrogen) atoms. The molecule has 0 saturated heterocycles. The Labute approximate surface area is 106 Å². The van der Waals surface area contributed by atoms with Gasteiger partial charge in [-0.3, -0.25) is 4.79 Å². The van der Waals surface area contributed by atoms with E-state index in [4.69, 9.17) is 5.73 Å². The SMILES string of the molecule is C/C=C1\[C@H]2C=C(C)C[C@]1(N)Cc1[nH]c(=O)ccc12. The molecule has 3 nitrogen and oxygen atoms in total. The lowest BCUT2D eigenvalue weighted by atomic mass is 9.64. The Kier molecular flexibility index (Phi) is 2.35. The van der Waals surface area contributed by atoms with Gasteiger partial charge in [0, 0.05) is 29.6 Å². The lowest BCUT2D eigenvalue weighted by Crippen LogP contribution is -2.51. The molecule has 3 rings (SSSR count). The minimum absolute atomic E-state index is 0.0416. The number of H-pyrrole nitrogens is 1. The molecule has 0 fully saturated rings. The van der Waals surface area contributed by atoms with Crippen LogP contribution in [-0.4, -0.2) is 10.5 Å². The summed E-state index contributed by atoms with van der Waals surface area (Å²) in [6.07, 6.45) is 6.01. The van der Waals surface area contributed by atoms with Crippen LogP contribution in [-0.2, 0) is 6.42 Å². The van der Waals surface area contributed by atoms with Gasteiger partial charge in [0.05, 0.1) is 0 Å². The summed E-state index contributed by atoms with van der Waals surface area (Å²) in [5, 5.41) is 0. The zero-order valence-electron chi connectivity index (χ0n) is 10.8. The van der Waals surface area contributed by atoms with E-state index in [-0.39, 0.29) is 17.0 Å². The van der Waals surface area contributed by atoms with Crippen LogP contribution >= 0.6 is 0 Å².